The van der Waals surface area contributed by atoms with Crippen LogP contribution in [0.5, 0.6) is 5.75 Å². The number of hydrogen-bond acceptors (Lipinski definition) is 3. The van der Waals surface area contributed by atoms with Gasteiger partial charge in [-0.1, -0.05) is 37.5 Å². The predicted molar refractivity (Wildman–Crippen MR) is 105 cm³/mol. The smallest absolute Gasteiger partial charge is 0.317 e. The lowest BCUT2D eigenvalue weighted by atomic mass is 9.96. The molecule has 1 saturated carbocycles. The van der Waals surface area contributed by atoms with E-state index in [2.05, 4.69) is 5.32 Å². The van der Waals surface area contributed by atoms with Gasteiger partial charge in [-0.25, -0.2) is 4.79 Å². The Bertz CT molecular complexity index is 643. The third kappa shape index (κ3) is 5.62. The molecule has 27 heavy (non-hydrogen) atoms. The van der Waals surface area contributed by atoms with Crippen molar-refractivity contribution < 1.29 is 14.3 Å². The second-order valence-corrected chi connectivity index (χ2v) is 7.56. The Labute approximate surface area is 161 Å². The number of hydrogen-bond donors (Lipinski definition) is 1. The van der Waals surface area contributed by atoms with Crippen molar-refractivity contribution in [2.45, 2.75) is 51.5 Å². The molecule has 1 aliphatic carbocycles. The molecule has 0 atom stereocenters. The predicted octanol–water partition coefficient (Wildman–Crippen LogP) is 2.95. The summed E-state index contributed by atoms with van der Waals surface area (Å²) >= 11 is 0. The average molecular weight is 373 g/mol. The number of aryl methyl sites for hydroxylation is 1. The highest BCUT2D eigenvalue weighted by Gasteiger charge is 2.24. The molecule has 1 heterocycles. The van der Waals surface area contributed by atoms with Crippen molar-refractivity contribution in [2.75, 3.05) is 32.8 Å². The molecule has 6 nitrogen and oxygen atoms in total. The zero-order valence-corrected chi connectivity index (χ0v) is 16.3. The first-order chi connectivity index (χ1) is 13.1. The van der Waals surface area contributed by atoms with Crippen molar-refractivity contribution in [2.24, 2.45) is 0 Å². The van der Waals surface area contributed by atoms with Gasteiger partial charge in [0.1, 0.15) is 5.75 Å². The fourth-order valence-electron chi connectivity index (χ4n) is 3.83. The first-order valence-electron chi connectivity index (χ1n) is 10.1. The van der Waals surface area contributed by atoms with Crippen molar-refractivity contribution >= 4 is 11.9 Å². The van der Waals surface area contributed by atoms with Gasteiger partial charge >= 0.3 is 6.03 Å². The van der Waals surface area contributed by atoms with Crippen LogP contribution in [-0.4, -0.2) is 60.6 Å². The van der Waals surface area contributed by atoms with Crippen molar-refractivity contribution in [3.63, 3.8) is 0 Å². The van der Waals surface area contributed by atoms with Gasteiger partial charge in [0.15, 0.2) is 6.61 Å². The van der Waals surface area contributed by atoms with E-state index >= 15 is 0 Å². The first kappa shape index (κ1) is 19.5. The number of carbonyl (C=O) groups is 2. The maximum absolute atomic E-state index is 12.5. The van der Waals surface area contributed by atoms with Gasteiger partial charge < -0.3 is 19.9 Å². The topological polar surface area (TPSA) is 61.9 Å². The monoisotopic (exact) mass is 373 g/mol. The molecule has 3 amide bonds. The Morgan fingerprint density at radius 3 is 2.48 bits per heavy atom. The molecule has 148 valence electrons. The van der Waals surface area contributed by atoms with E-state index in [1.165, 1.54) is 19.3 Å². The van der Waals surface area contributed by atoms with E-state index in [4.69, 9.17) is 4.74 Å². The number of benzene rings is 1. The summed E-state index contributed by atoms with van der Waals surface area (Å²) in [7, 11) is 0. The molecule has 0 aromatic heterocycles. The average Bonchev–Trinajstić information content (AvgIpc) is 2.94. The minimum absolute atomic E-state index is 0.0206. The lowest BCUT2D eigenvalue weighted by molar-refractivity contribution is -0.133. The number of nitrogens with zero attached hydrogens (tertiary/aromatic N) is 2. The maximum atomic E-state index is 12.5. The molecule has 1 aliphatic heterocycles. The number of urea groups is 1. The van der Waals surface area contributed by atoms with Crippen molar-refractivity contribution in [1.29, 1.82) is 0 Å². The number of ether oxygens (including phenoxy) is 1. The standard InChI is InChI=1S/C21H31N3O3/c1-17-8-5-6-11-19(17)27-16-20(25)23-12-7-13-24(15-14-23)21(26)22-18-9-3-2-4-10-18/h5-6,8,11,18H,2-4,7,9-10,12-16H2,1H3,(H,22,26). The summed E-state index contributed by atoms with van der Waals surface area (Å²) in [5.41, 5.74) is 1.02. The quantitative estimate of drug-likeness (QED) is 0.883. The normalized spacial score (nSPS) is 18.7. The molecule has 1 N–H and O–H groups in total. The largest absolute Gasteiger partial charge is 0.484 e. The molecule has 0 bridgehead atoms. The fraction of sp³-hybridized carbons (Fsp3) is 0.619. The van der Waals surface area contributed by atoms with Crippen molar-refractivity contribution in [3.05, 3.63) is 29.8 Å². The van der Waals surface area contributed by atoms with Gasteiger partial charge in [-0.2, -0.15) is 0 Å². The summed E-state index contributed by atoms with van der Waals surface area (Å²) in [5, 5.41) is 3.17. The number of rotatable bonds is 4. The molecule has 6 heteroatoms. The highest BCUT2D eigenvalue weighted by Crippen LogP contribution is 2.18. The number of para-hydroxylation sites is 1. The molecule has 2 fully saturated rings. The van der Waals surface area contributed by atoms with Crippen molar-refractivity contribution in [1.82, 2.24) is 15.1 Å². The van der Waals surface area contributed by atoms with Gasteiger partial charge in [-0.15, -0.1) is 0 Å². The van der Waals surface area contributed by atoms with Crippen LogP contribution >= 0.6 is 0 Å². The molecule has 1 saturated heterocycles. The van der Waals surface area contributed by atoms with Crippen molar-refractivity contribution in [3.8, 4) is 5.75 Å². The van der Waals surface area contributed by atoms with Crippen LogP contribution < -0.4 is 10.1 Å². The Morgan fingerprint density at radius 1 is 1.00 bits per heavy atom. The zero-order valence-electron chi connectivity index (χ0n) is 16.3. The van der Waals surface area contributed by atoms with Crippen LogP contribution in [0.4, 0.5) is 4.79 Å². The first-order valence-corrected chi connectivity index (χ1v) is 10.1. The van der Waals surface area contributed by atoms with E-state index in [9.17, 15) is 9.59 Å². The molecule has 1 aromatic carbocycles. The van der Waals surface area contributed by atoms with Crippen LogP contribution in [0, 0.1) is 6.92 Å². The van der Waals surface area contributed by atoms with Gasteiger partial charge in [-0.3, -0.25) is 4.79 Å². The molecule has 0 unspecified atom stereocenters. The Balaban J connectivity index is 1.45. The molecule has 1 aromatic rings. The third-order valence-corrected chi connectivity index (χ3v) is 5.51. The highest BCUT2D eigenvalue weighted by atomic mass is 16.5. The van der Waals surface area contributed by atoms with Crippen LogP contribution in [0.1, 0.15) is 44.1 Å². The molecule has 3 rings (SSSR count). The van der Waals surface area contributed by atoms with E-state index in [-0.39, 0.29) is 18.5 Å². The molecular weight excluding hydrogens is 342 g/mol. The summed E-state index contributed by atoms with van der Waals surface area (Å²) in [6, 6.07) is 8.03. The van der Waals surface area contributed by atoms with E-state index < -0.39 is 0 Å². The van der Waals surface area contributed by atoms with E-state index in [0.29, 0.717) is 32.2 Å². The van der Waals surface area contributed by atoms with Crippen LogP contribution in [0.3, 0.4) is 0 Å². The van der Waals surface area contributed by atoms with E-state index in [1.54, 1.807) is 0 Å². The minimum Gasteiger partial charge on any atom is -0.484 e. The fourth-order valence-corrected chi connectivity index (χ4v) is 3.83. The summed E-state index contributed by atoms with van der Waals surface area (Å²) in [6.07, 6.45) is 6.65. The Morgan fingerprint density at radius 2 is 1.70 bits per heavy atom. The van der Waals surface area contributed by atoms with Gasteiger partial charge in [0.2, 0.25) is 0 Å². The number of amides is 3. The van der Waals surface area contributed by atoms with Gasteiger partial charge in [0.25, 0.3) is 5.91 Å². The molecule has 0 spiro atoms. The van der Waals surface area contributed by atoms with Gasteiger partial charge in [0.05, 0.1) is 0 Å². The van der Waals surface area contributed by atoms with Gasteiger partial charge in [0, 0.05) is 32.2 Å². The highest BCUT2D eigenvalue weighted by molar-refractivity contribution is 5.78. The lowest BCUT2D eigenvalue weighted by Crippen LogP contribution is -2.47. The number of nitrogens with one attached hydrogen (secondary N) is 1. The third-order valence-electron chi connectivity index (χ3n) is 5.51. The van der Waals surface area contributed by atoms with Crippen LogP contribution in [0.2, 0.25) is 0 Å². The lowest BCUT2D eigenvalue weighted by Gasteiger charge is -2.27. The summed E-state index contributed by atoms with van der Waals surface area (Å²) in [4.78, 5) is 28.7. The van der Waals surface area contributed by atoms with Crippen LogP contribution in [-0.2, 0) is 4.79 Å². The Hall–Kier alpha value is -2.24. The van der Waals surface area contributed by atoms with Gasteiger partial charge in [-0.05, 0) is 37.8 Å². The second kappa shape index (κ2) is 9.62. The second-order valence-electron chi connectivity index (χ2n) is 7.56. The van der Waals surface area contributed by atoms with Crippen LogP contribution in [0.15, 0.2) is 24.3 Å². The SMILES string of the molecule is Cc1ccccc1OCC(=O)N1CCCN(C(=O)NC2CCCCC2)CC1. The molecule has 2 aliphatic rings. The number of carbonyl (C=O) groups excluding carboxylic acids is 2. The summed E-state index contributed by atoms with van der Waals surface area (Å²) in [5.74, 6) is 0.724. The minimum atomic E-state index is -0.0206. The maximum Gasteiger partial charge on any atom is 0.317 e. The molecule has 0 radical (unpaired) electrons. The van der Waals surface area contributed by atoms with E-state index in [0.717, 1.165) is 30.6 Å². The van der Waals surface area contributed by atoms with E-state index in [1.807, 2.05) is 41.0 Å². The van der Waals surface area contributed by atoms with Crippen LogP contribution in [0.25, 0.3) is 0 Å². The Kier molecular flexibility index (Phi) is 6.96. The zero-order chi connectivity index (χ0) is 19.1. The summed E-state index contributed by atoms with van der Waals surface area (Å²) in [6.45, 7) is 4.51. The summed E-state index contributed by atoms with van der Waals surface area (Å²) < 4.78 is 5.68. The molecular formula is C21H31N3O3.